The number of fused-ring (bicyclic) bond motifs is 2. The Morgan fingerprint density at radius 1 is 1.05 bits per heavy atom. The van der Waals surface area contributed by atoms with Gasteiger partial charge in [0.25, 0.3) is 5.56 Å². The third-order valence-corrected chi connectivity index (χ3v) is 9.14. The van der Waals surface area contributed by atoms with Crippen LogP contribution in [-0.2, 0) is 0 Å². The summed E-state index contributed by atoms with van der Waals surface area (Å²) in [5.74, 6) is 1.49. The Balaban J connectivity index is 1.26. The van der Waals surface area contributed by atoms with Crippen LogP contribution >= 0.6 is 11.3 Å². The molecule has 0 unspecified atom stereocenters. The van der Waals surface area contributed by atoms with Gasteiger partial charge < -0.3 is 14.6 Å². The van der Waals surface area contributed by atoms with Crippen molar-refractivity contribution in [2.45, 2.75) is 37.8 Å². The molecule has 0 amide bonds. The van der Waals surface area contributed by atoms with E-state index in [4.69, 9.17) is 9.72 Å². The topological polar surface area (TPSA) is 105 Å². The Morgan fingerprint density at radius 2 is 1.87 bits per heavy atom. The molecule has 2 aliphatic rings. The van der Waals surface area contributed by atoms with Crippen LogP contribution in [0, 0.1) is 0 Å². The number of anilines is 1. The summed E-state index contributed by atoms with van der Waals surface area (Å²) < 4.78 is 8.63. The van der Waals surface area contributed by atoms with E-state index < -0.39 is 0 Å². The number of ether oxygens (including phenoxy) is 1. The summed E-state index contributed by atoms with van der Waals surface area (Å²) in [6, 6.07) is 15.8. The fraction of sp³-hybridized carbons (Fsp3) is 0.393. The summed E-state index contributed by atoms with van der Waals surface area (Å²) in [6.07, 6.45) is 4.46. The lowest BCUT2D eigenvalue weighted by Crippen LogP contribution is -2.49. The molecule has 2 aromatic carbocycles. The second kappa shape index (κ2) is 10.0. The minimum atomic E-state index is -0.363. The molecule has 3 aromatic heterocycles. The van der Waals surface area contributed by atoms with E-state index in [1.165, 1.54) is 17.5 Å². The van der Waals surface area contributed by atoms with Crippen molar-refractivity contribution in [3.8, 4) is 5.75 Å². The van der Waals surface area contributed by atoms with Gasteiger partial charge in [0.2, 0.25) is 0 Å². The van der Waals surface area contributed by atoms with Gasteiger partial charge in [-0.15, -0.1) is 5.10 Å². The smallest absolute Gasteiger partial charge is 0.253 e. The number of piperazine rings is 1. The maximum atomic E-state index is 13.6. The van der Waals surface area contributed by atoms with Crippen molar-refractivity contribution in [2.75, 3.05) is 38.2 Å². The van der Waals surface area contributed by atoms with E-state index in [1.54, 1.807) is 18.4 Å². The van der Waals surface area contributed by atoms with Crippen LogP contribution in [0.15, 0.2) is 53.3 Å². The van der Waals surface area contributed by atoms with Gasteiger partial charge in [0, 0.05) is 42.6 Å². The highest BCUT2D eigenvalue weighted by atomic mass is 32.1. The first-order valence-corrected chi connectivity index (χ1v) is 14.3. The normalized spacial score (nSPS) is 17.8. The lowest BCUT2D eigenvalue weighted by Gasteiger charge is -2.38. The predicted octanol–water partition coefficient (Wildman–Crippen LogP) is 4.16. The van der Waals surface area contributed by atoms with Crippen LogP contribution in [0.4, 0.5) is 5.13 Å². The third-order valence-electron chi connectivity index (χ3n) is 8.04. The average Bonchev–Trinajstić information content (AvgIpc) is 3.74. The molecule has 4 heterocycles. The van der Waals surface area contributed by atoms with E-state index in [0.29, 0.717) is 5.56 Å². The van der Waals surface area contributed by atoms with Crippen molar-refractivity contribution in [3.63, 3.8) is 0 Å². The lowest BCUT2D eigenvalue weighted by atomic mass is 10.0. The van der Waals surface area contributed by atoms with Crippen LogP contribution < -0.4 is 15.2 Å². The zero-order valence-electron chi connectivity index (χ0n) is 21.8. The number of thiazole rings is 1. The molecule has 2 fully saturated rings. The van der Waals surface area contributed by atoms with E-state index in [-0.39, 0.29) is 17.6 Å². The Labute approximate surface area is 229 Å². The second-order valence-electron chi connectivity index (χ2n) is 10.3. The highest BCUT2D eigenvalue weighted by Crippen LogP contribution is 2.35. The number of aromatic nitrogens is 6. The van der Waals surface area contributed by atoms with Crippen LogP contribution in [0.1, 0.15) is 49.2 Å². The molecule has 11 heteroatoms. The molecule has 1 saturated carbocycles. The summed E-state index contributed by atoms with van der Waals surface area (Å²) in [5, 5.41) is 15.0. The summed E-state index contributed by atoms with van der Waals surface area (Å²) in [6.45, 7) is 3.13. The van der Waals surface area contributed by atoms with Gasteiger partial charge in [0.05, 0.1) is 23.4 Å². The van der Waals surface area contributed by atoms with Gasteiger partial charge in [-0.25, -0.2) is 9.67 Å². The molecule has 1 saturated heterocycles. The van der Waals surface area contributed by atoms with Crippen LogP contribution in [0.3, 0.4) is 0 Å². The first-order chi connectivity index (χ1) is 19.2. The van der Waals surface area contributed by atoms with E-state index in [9.17, 15) is 4.79 Å². The zero-order chi connectivity index (χ0) is 26.3. The third kappa shape index (κ3) is 4.45. The predicted molar refractivity (Wildman–Crippen MR) is 152 cm³/mol. The lowest BCUT2D eigenvalue weighted by molar-refractivity contribution is 0.197. The number of hydrogen-bond acceptors (Lipinski definition) is 9. The molecule has 1 aliphatic carbocycles. The van der Waals surface area contributed by atoms with Gasteiger partial charge >= 0.3 is 0 Å². The van der Waals surface area contributed by atoms with Gasteiger partial charge in [-0.2, -0.15) is 0 Å². The maximum absolute atomic E-state index is 13.6. The molecule has 1 atom stereocenters. The van der Waals surface area contributed by atoms with Crippen molar-refractivity contribution in [1.82, 2.24) is 35.1 Å². The minimum Gasteiger partial charge on any atom is -0.497 e. The van der Waals surface area contributed by atoms with Gasteiger partial charge in [0.1, 0.15) is 11.8 Å². The number of H-pyrrole nitrogens is 1. The summed E-state index contributed by atoms with van der Waals surface area (Å²) in [5.41, 5.74) is 2.34. The van der Waals surface area contributed by atoms with Crippen LogP contribution in [-0.4, -0.2) is 68.4 Å². The number of para-hydroxylation sites is 1. The van der Waals surface area contributed by atoms with Crippen molar-refractivity contribution in [1.29, 1.82) is 0 Å². The van der Waals surface area contributed by atoms with Gasteiger partial charge in [-0.1, -0.05) is 36.3 Å². The van der Waals surface area contributed by atoms with Crippen LogP contribution in [0.2, 0.25) is 0 Å². The quantitative estimate of drug-likeness (QED) is 0.341. The first kappa shape index (κ1) is 24.2. The number of nitrogens with zero attached hydrogens (tertiary/aromatic N) is 7. The SMILES string of the molecule is COc1ccc2[nH]c(=O)c([C@H](c3nnnn3C3CCCC3)N3CCN(c4nc5ccccc5s4)CC3)cc2c1. The molecular formula is C28H30N8O2S. The number of pyridine rings is 1. The van der Waals surface area contributed by atoms with Crippen LogP contribution in [0.5, 0.6) is 5.75 Å². The molecule has 1 N–H and O–H groups in total. The molecule has 39 heavy (non-hydrogen) atoms. The van der Waals surface area contributed by atoms with Crippen molar-refractivity contribution in [2.24, 2.45) is 0 Å². The van der Waals surface area contributed by atoms with E-state index in [0.717, 1.165) is 72.1 Å². The minimum absolute atomic E-state index is 0.118. The Kier molecular flexibility index (Phi) is 6.24. The standard InChI is InChI=1S/C28H30N8O2S/c1-38-20-10-11-22-18(16-20)17-21(27(37)29-22)25(26-31-32-33-36(26)19-6-2-3-7-19)34-12-14-35(15-13-34)28-30-23-8-4-5-9-24(23)39-28/h4-5,8-11,16-17,19,25H,2-3,6-7,12-15H2,1H3,(H,29,37)/t25-/m1/s1. The number of benzene rings is 2. The van der Waals surface area contributed by atoms with Crippen molar-refractivity contribution in [3.05, 3.63) is 70.3 Å². The summed E-state index contributed by atoms with van der Waals surface area (Å²) in [7, 11) is 1.65. The van der Waals surface area contributed by atoms with Gasteiger partial charge in [-0.3, -0.25) is 9.69 Å². The first-order valence-electron chi connectivity index (χ1n) is 13.5. The number of tetrazole rings is 1. The Bertz CT molecular complexity index is 1650. The summed E-state index contributed by atoms with van der Waals surface area (Å²) in [4.78, 5) is 26.2. The van der Waals surface area contributed by atoms with E-state index in [2.05, 4.69) is 48.5 Å². The van der Waals surface area contributed by atoms with E-state index in [1.807, 2.05) is 35.0 Å². The average molecular weight is 543 g/mol. The number of aromatic amines is 1. The highest BCUT2D eigenvalue weighted by Gasteiger charge is 2.35. The molecule has 10 nitrogen and oxygen atoms in total. The number of hydrogen-bond donors (Lipinski definition) is 1. The molecule has 7 rings (SSSR count). The second-order valence-corrected chi connectivity index (χ2v) is 11.3. The fourth-order valence-electron chi connectivity index (χ4n) is 5.99. The highest BCUT2D eigenvalue weighted by molar-refractivity contribution is 7.22. The number of methoxy groups -OCH3 is 1. The molecule has 0 radical (unpaired) electrons. The number of rotatable bonds is 6. The molecule has 5 aromatic rings. The molecule has 0 spiro atoms. The van der Waals surface area contributed by atoms with Gasteiger partial charge in [-0.05, 0) is 59.7 Å². The largest absolute Gasteiger partial charge is 0.497 e. The zero-order valence-corrected chi connectivity index (χ0v) is 22.6. The fourth-order valence-corrected chi connectivity index (χ4v) is 7.00. The number of nitrogens with one attached hydrogen (secondary N) is 1. The van der Waals surface area contributed by atoms with Crippen LogP contribution in [0.25, 0.3) is 21.1 Å². The van der Waals surface area contributed by atoms with Crippen molar-refractivity contribution >= 4 is 37.6 Å². The molecule has 200 valence electrons. The monoisotopic (exact) mass is 542 g/mol. The Morgan fingerprint density at radius 3 is 2.67 bits per heavy atom. The molecular weight excluding hydrogens is 512 g/mol. The van der Waals surface area contributed by atoms with Crippen molar-refractivity contribution < 1.29 is 4.74 Å². The molecule has 0 bridgehead atoms. The molecule has 1 aliphatic heterocycles. The summed E-state index contributed by atoms with van der Waals surface area (Å²) >= 11 is 1.73. The van der Waals surface area contributed by atoms with E-state index >= 15 is 0 Å². The maximum Gasteiger partial charge on any atom is 0.253 e. The Hall–Kier alpha value is -3.83. The van der Waals surface area contributed by atoms with Gasteiger partial charge in [0.15, 0.2) is 11.0 Å².